The minimum Gasteiger partial charge on any atom is -0.392 e. The first-order valence-corrected chi connectivity index (χ1v) is 6.94. The van der Waals surface area contributed by atoms with E-state index >= 15 is 0 Å². The lowest BCUT2D eigenvalue weighted by Crippen LogP contribution is -1.81. The molecule has 0 atom stereocenters. The van der Waals surface area contributed by atoms with Gasteiger partial charge in [-0.05, 0) is 36.8 Å². The Morgan fingerprint density at radius 2 is 2.06 bits per heavy atom. The maximum Gasteiger partial charge on any atom is 0.0642 e. The van der Waals surface area contributed by atoms with Crippen LogP contribution in [0.5, 0.6) is 0 Å². The lowest BCUT2D eigenvalue weighted by atomic mass is 10.2. The molecule has 0 radical (unpaired) electrons. The van der Waals surface area contributed by atoms with Gasteiger partial charge in [-0.3, -0.25) is 0 Å². The summed E-state index contributed by atoms with van der Waals surface area (Å²) in [4.78, 5) is 2.40. The van der Waals surface area contributed by atoms with Crippen LogP contribution in [0.25, 0.3) is 16.5 Å². The van der Waals surface area contributed by atoms with Gasteiger partial charge in [-0.1, -0.05) is 34.1 Å². The highest BCUT2D eigenvalue weighted by Crippen LogP contribution is 2.34. The normalized spacial score (nSPS) is 11.8. The van der Waals surface area contributed by atoms with E-state index in [-0.39, 0.29) is 6.61 Å². The van der Waals surface area contributed by atoms with Gasteiger partial charge in [0.15, 0.2) is 0 Å². The molecule has 0 aliphatic heterocycles. The fourth-order valence-electron chi connectivity index (χ4n) is 1.52. The van der Waals surface area contributed by atoms with Gasteiger partial charge in [0.05, 0.1) is 6.61 Å². The quantitative estimate of drug-likeness (QED) is 0.880. The molecule has 0 spiro atoms. The predicted molar refractivity (Wildman–Crippen MR) is 78.2 cm³/mol. The van der Waals surface area contributed by atoms with E-state index in [4.69, 9.17) is 5.11 Å². The van der Waals surface area contributed by atoms with Gasteiger partial charge < -0.3 is 5.11 Å². The van der Waals surface area contributed by atoms with Gasteiger partial charge in [-0.2, -0.15) is 0 Å². The zero-order valence-corrected chi connectivity index (χ0v) is 11.9. The smallest absolute Gasteiger partial charge is 0.0642 e. The molecule has 0 bridgehead atoms. The average molecular weight is 309 g/mol. The molecule has 0 aliphatic carbocycles. The molecule has 2 rings (SSSR count). The van der Waals surface area contributed by atoms with Crippen LogP contribution in [0.1, 0.15) is 11.8 Å². The maximum atomic E-state index is 8.99. The van der Waals surface area contributed by atoms with Crippen molar-refractivity contribution in [1.29, 1.82) is 0 Å². The van der Waals surface area contributed by atoms with Crippen molar-refractivity contribution in [3.63, 3.8) is 0 Å². The van der Waals surface area contributed by atoms with Crippen molar-refractivity contribution in [2.24, 2.45) is 0 Å². The molecule has 0 aliphatic rings. The van der Waals surface area contributed by atoms with Crippen molar-refractivity contribution in [2.45, 2.75) is 6.92 Å². The van der Waals surface area contributed by atoms with Gasteiger partial charge in [-0.25, -0.2) is 0 Å². The molecule has 1 aromatic heterocycles. The molecule has 0 unspecified atom stereocenters. The molecular formula is C14H13BrOS. The third-order valence-corrected chi connectivity index (χ3v) is 4.16. The van der Waals surface area contributed by atoms with E-state index in [2.05, 4.69) is 34.1 Å². The molecule has 1 nitrogen and oxygen atoms in total. The third kappa shape index (κ3) is 3.06. The van der Waals surface area contributed by atoms with Crippen molar-refractivity contribution in [3.05, 3.63) is 51.3 Å². The summed E-state index contributed by atoms with van der Waals surface area (Å²) in [6, 6.07) is 12.4. The highest BCUT2D eigenvalue weighted by atomic mass is 79.9. The predicted octanol–water partition coefficient (Wildman–Crippen LogP) is 4.57. The highest BCUT2D eigenvalue weighted by molar-refractivity contribution is 9.10. The van der Waals surface area contributed by atoms with Gasteiger partial charge in [0.25, 0.3) is 0 Å². The molecule has 3 heteroatoms. The average Bonchev–Trinajstić information content (AvgIpc) is 2.78. The lowest BCUT2D eigenvalue weighted by molar-refractivity contribution is 0.332. The second-order valence-corrected chi connectivity index (χ2v) is 5.80. The summed E-state index contributed by atoms with van der Waals surface area (Å²) < 4.78 is 1.11. The monoisotopic (exact) mass is 308 g/mol. The summed E-state index contributed by atoms with van der Waals surface area (Å²) in [5, 5.41) is 8.99. The van der Waals surface area contributed by atoms with E-state index in [0.717, 1.165) is 10.0 Å². The van der Waals surface area contributed by atoms with Gasteiger partial charge in [0.1, 0.15) is 0 Å². The first-order valence-electron chi connectivity index (χ1n) is 5.33. The first-order chi connectivity index (χ1) is 8.20. The number of halogens is 1. The van der Waals surface area contributed by atoms with E-state index in [1.807, 2.05) is 31.2 Å². The van der Waals surface area contributed by atoms with Crippen LogP contribution in [0.4, 0.5) is 0 Å². The van der Waals surface area contributed by atoms with Crippen LogP contribution in [0.2, 0.25) is 0 Å². The van der Waals surface area contributed by atoms with Crippen molar-refractivity contribution >= 4 is 33.3 Å². The SMILES string of the molecule is CC(=Cc1ccc(-c2ccccc2Br)s1)CO. The van der Waals surface area contributed by atoms with E-state index in [0.29, 0.717) is 0 Å². The minimum atomic E-state index is 0.113. The Balaban J connectivity index is 2.34. The van der Waals surface area contributed by atoms with Gasteiger partial charge in [0, 0.05) is 19.8 Å². The number of aliphatic hydroxyl groups excluding tert-OH is 1. The Bertz CT molecular complexity index is 543. The Morgan fingerprint density at radius 1 is 1.29 bits per heavy atom. The zero-order valence-electron chi connectivity index (χ0n) is 9.48. The van der Waals surface area contributed by atoms with E-state index in [1.54, 1.807) is 11.3 Å². The Labute approximate surface area is 114 Å². The van der Waals surface area contributed by atoms with Gasteiger partial charge >= 0.3 is 0 Å². The molecule has 1 heterocycles. The number of thiophene rings is 1. The fraction of sp³-hybridized carbons (Fsp3) is 0.143. The summed E-state index contributed by atoms with van der Waals surface area (Å²) in [6.07, 6.45) is 2.02. The standard InChI is InChI=1S/C14H13BrOS/c1-10(9-16)8-11-6-7-14(17-11)12-4-2-3-5-13(12)15/h2-8,16H,9H2,1H3. The molecule has 1 N–H and O–H groups in total. The van der Waals surface area contributed by atoms with Crippen LogP contribution in [-0.4, -0.2) is 11.7 Å². The Hall–Kier alpha value is -0.900. The summed E-state index contributed by atoms with van der Waals surface area (Å²) in [6.45, 7) is 2.04. The van der Waals surface area contributed by atoms with Crippen molar-refractivity contribution in [3.8, 4) is 10.4 Å². The van der Waals surface area contributed by atoms with E-state index in [1.165, 1.54) is 15.3 Å². The molecule has 0 saturated carbocycles. The summed E-state index contributed by atoms with van der Waals surface area (Å²) >= 11 is 5.28. The molecule has 2 aromatic rings. The summed E-state index contributed by atoms with van der Waals surface area (Å²) in [5.41, 5.74) is 2.18. The number of aliphatic hydroxyl groups is 1. The molecule has 88 valence electrons. The number of benzene rings is 1. The minimum absolute atomic E-state index is 0.113. The molecule has 0 fully saturated rings. The second-order valence-electron chi connectivity index (χ2n) is 3.83. The number of hydrogen-bond acceptors (Lipinski definition) is 2. The maximum absolute atomic E-state index is 8.99. The van der Waals surface area contributed by atoms with E-state index in [9.17, 15) is 0 Å². The molecular weight excluding hydrogens is 296 g/mol. The topological polar surface area (TPSA) is 20.2 Å². The molecule has 0 amide bonds. The molecule has 17 heavy (non-hydrogen) atoms. The largest absolute Gasteiger partial charge is 0.392 e. The fourth-order valence-corrected chi connectivity index (χ4v) is 3.23. The third-order valence-electron chi connectivity index (χ3n) is 2.40. The van der Waals surface area contributed by atoms with Crippen LogP contribution < -0.4 is 0 Å². The number of rotatable bonds is 3. The van der Waals surface area contributed by atoms with Gasteiger partial charge in [0.2, 0.25) is 0 Å². The van der Waals surface area contributed by atoms with Crippen LogP contribution in [0.15, 0.2) is 46.4 Å². The number of hydrogen-bond donors (Lipinski definition) is 1. The highest BCUT2D eigenvalue weighted by Gasteiger charge is 2.04. The van der Waals surface area contributed by atoms with Crippen molar-refractivity contribution in [2.75, 3.05) is 6.61 Å². The zero-order chi connectivity index (χ0) is 12.3. The summed E-state index contributed by atoms with van der Waals surface area (Å²) in [5.74, 6) is 0. The Morgan fingerprint density at radius 3 is 2.76 bits per heavy atom. The van der Waals surface area contributed by atoms with Crippen LogP contribution in [0, 0.1) is 0 Å². The van der Waals surface area contributed by atoms with Crippen molar-refractivity contribution < 1.29 is 5.11 Å². The molecule has 1 aromatic carbocycles. The summed E-state index contributed by atoms with van der Waals surface area (Å²) in [7, 11) is 0. The van der Waals surface area contributed by atoms with Crippen LogP contribution in [0.3, 0.4) is 0 Å². The lowest BCUT2D eigenvalue weighted by Gasteiger charge is -1.99. The Kier molecular flexibility index (Phi) is 4.15. The molecule has 0 saturated heterocycles. The first kappa shape index (κ1) is 12.6. The van der Waals surface area contributed by atoms with Gasteiger partial charge in [-0.15, -0.1) is 11.3 Å². The van der Waals surface area contributed by atoms with Crippen molar-refractivity contribution in [1.82, 2.24) is 0 Å². The van der Waals surface area contributed by atoms with Crippen LogP contribution in [-0.2, 0) is 0 Å². The van der Waals surface area contributed by atoms with Crippen LogP contribution >= 0.6 is 27.3 Å². The second kappa shape index (κ2) is 5.63. The van der Waals surface area contributed by atoms with E-state index < -0.39 is 0 Å².